The summed E-state index contributed by atoms with van der Waals surface area (Å²) in [5.74, 6) is 1.46. The molecule has 3 fully saturated rings. The molecule has 39 heavy (non-hydrogen) atoms. The van der Waals surface area contributed by atoms with Gasteiger partial charge in [-0.1, -0.05) is 39.0 Å². The van der Waals surface area contributed by atoms with Gasteiger partial charge in [0.15, 0.2) is 17.0 Å². The molecule has 11 heteroatoms. The molecule has 11 nitrogen and oxygen atoms in total. The van der Waals surface area contributed by atoms with Crippen molar-refractivity contribution in [3.8, 4) is 0 Å². The molecule has 0 spiro atoms. The van der Waals surface area contributed by atoms with E-state index in [1.165, 1.54) is 38.5 Å². The van der Waals surface area contributed by atoms with Crippen molar-refractivity contribution in [2.75, 3.05) is 30.3 Å². The Hall–Kier alpha value is -2.66. The second-order valence-corrected chi connectivity index (χ2v) is 11.6. The van der Waals surface area contributed by atoms with Crippen LogP contribution in [0.4, 0.5) is 16.6 Å². The molecule has 2 aliphatic carbocycles. The van der Waals surface area contributed by atoms with Gasteiger partial charge in [0, 0.05) is 43.8 Å². The van der Waals surface area contributed by atoms with Gasteiger partial charge >= 0.3 is 6.09 Å². The average molecular weight is 542 g/mol. The lowest BCUT2D eigenvalue weighted by Gasteiger charge is -2.31. The fourth-order valence-electron chi connectivity index (χ4n) is 6.15. The topological polar surface area (TPSA) is 135 Å². The van der Waals surface area contributed by atoms with Gasteiger partial charge in [-0.2, -0.15) is 9.97 Å². The van der Waals surface area contributed by atoms with Crippen LogP contribution >= 0.6 is 0 Å². The molecule has 2 aromatic heterocycles. The van der Waals surface area contributed by atoms with Gasteiger partial charge in [-0.05, 0) is 57.8 Å². The number of nitrogens with two attached hydrogens (primary N) is 1. The number of hydroxylamine groups is 2. The summed E-state index contributed by atoms with van der Waals surface area (Å²) >= 11 is 0. The third-order valence-corrected chi connectivity index (χ3v) is 8.55. The molecule has 0 radical (unpaired) electrons. The fourth-order valence-corrected chi connectivity index (χ4v) is 6.15. The molecule has 1 saturated heterocycles. The number of hydrogen-bond acceptors (Lipinski definition) is 9. The molecule has 0 bridgehead atoms. The number of aromatic nitrogens is 4. The first-order valence-corrected chi connectivity index (χ1v) is 15.3. The van der Waals surface area contributed by atoms with E-state index in [1.54, 1.807) is 5.06 Å². The Morgan fingerprint density at radius 1 is 0.974 bits per heavy atom. The van der Waals surface area contributed by atoms with Crippen LogP contribution < -0.4 is 21.7 Å². The van der Waals surface area contributed by atoms with Gasteiger partial charge in [-0.3, -0.25) is 0 Å². The van der Waals surface area contributed by atoms with Crippen molar-refractivity contribution in [2.24, 2.45) is 5.73 Å². The van der Waals surface area contributed by atoms with Crippen molar-refractivity contribution in [1.82, 2.24) is 29.9 Å². The van der Waals surface area contributed by atoms with Crippen LogP contribution in [0, 0.1) is 0 Å². The molecular weight excluding hydrogens is 494 g/mol. The molecule has 0 aromatic carbocycles. The van der Waals surface area contributed by atoms with Crippen molar-refractivity contribution in [3.63, 3.8) is 0 Å². The average Bonchev–Trinajstić information content (AvgIpc) is 3.61. The normalized spacial score (nSPS) is 23.2. The maximum absolute atomic E-state index is 12.2. The van der Waals surface area contributed by atoms with Crippen molar-refractivity contribution >= 4 is 29.0 Å². The summed E-state index contributed by atoms with van der Waals surface area (Å²) in [7, 11) is 0. The molecule has 3 aliphatic rings. The van der Waals surface area contributed by atoms with E-state index in [4.69, 9.17) is 25.5 Å². The second-order valence-electron chi connectivity index (χ2n) is 11.6. The Bertz CT molecular complexity index is 1050. The minimum Gasteiger partial charge on any atom is -0.365 e. The molecule has 0 atom stereocenters. The number of carbonyl (C=O) groups is 1. The third-order valence-electron chi connectivity index (χ3n) is 8.55. The van der Waals surface area contributed by atoms with Gasteiger partial charge in [0.05, 0.1) is 6.33 Å². The van der Waals surface area contributed by atoms with Gasteiger partial charge in [-0.25, -0.2) is 9.78 Å². The Morgan fingerprint density at radius 2 is 1.72 bits per heavy atom. The summed E-state index contributed by atoms with van der Waals surface area (Å²) in [6.07, 6.45) is 16.8. The van der Waals surface area contributed by atoms with E-state index < -0.39 is 0 Å². The number of fused-ring (bicyclic) bond motifs is 1. The number of imidazole rings is 1. The van der Waals surface area contributed by atoms with Gasteiger partial charge in [-0.15, -0.1) is 5.06 Å². The summed E-state index contributed by atoms with van der Waals surface area (Å²) < 4.78 is 2.26. The lowest BCUT2D eigenvalue weighted by Crippen LogP contribution is -2.42. The number of carbonyl (C=O) groups excluding carboxylic acids is 1. The molecule has 5 rings (SSSR count). The highest BCUT2D eigenvalue weighted by molar-refractivity contribution is 5.84. The standard InChI is InChI=1S/C28H47N9O2/c1-2-3-4-7-16-30-28(38)39-36-17-14-22(15-18-36)32-25-24-26(37(19-31-24)23-8-5-6-9-23)35-27(34-25)33-21-12-10-20(29)11-13-21/h19-23H,2-18,29H2,1H3,(H,30,38)(H2,32,33,34,35)/t20-,21-. The van der Waals surface area contributed by atoms with Gasteiger partial charge < -0.3 is 31.1 Å². The number of nitrogens with zero attached hydrogens (tertiary/aromatic N) is 5. The molecule has 0 unspecified atom stereocenters. The number of nitrogens with one attached hydrogen (secondary N) is 3. The molecule has 216 valence electrons. The summed E-state index contributed by atoms with van der Waals surface area (Å²) in [5, 5.41) is 11.9. The Morgan fingerprint density at radius 3 is 2.46 bits per heavy atom. The van der Waals surface area contributed by atoms with Crippen LogP contribution in [0.3, 0.4) is 0 Å². The first kappa shape index (κ1) is 27.9. The molecule has 2 saturated carbocycles. The minimum absolute atomic E-state index is 0.220. The van der Waals surface area contributed by atoms with Crippen molar-refractivity contribution in [2.45, 2.75) is 121 Å². The van der Waals surface area contributed by atoms with E-state index in [0.717, 1.165) is 68.3 Å². The highest BCUT2D eigenvalue weighted by atomic mass is 16.7. The Labute approximate surface area is 232 Å². The SMILES string of the molecule is CCCCCCNC(=O)ON1CCC(Nc2nc(N[C@H]3CC[C@H](N)CC3)nc3c2ncn3C2CCCC2)CC1. The maximum atomic E-state index is 12.2. The van der Waals surface area contributed by atoms with Crippen LogP contribution in [0.15, 0.2) is 6.33 Å². The quantitative estimate of drug-likeness (QED) is 0.298. The van der Waals surface area contributed by atoms with Crippen LogP contribution in [0.2, 0.25) is 0 Å². The van der Waals surface area contributed by atoms with Gasteiger partial charge in [0.25, 0.3) is 0 Å². The lowest BCUT2D eigenvalue weighted by molar-refractivity contribution is -0.112. The molecule has 3 heterocycles. The zero-order valence-corrected chi connectivity index (χ0v) is 23.5. The second kappa shape index (κ2) is 13.6. The first-order chi connectivity index (χ1) is 19.1. The van der Waals surface area contributed by atoms with Gasteiger partial charge in [0.2, 0.25) is 5.95 Å². The fraction of sp³-hybridized carbons (Fsp3) is 0.786. The van der Waals surface area contributed by atoms with Crippen molar-refractivity contribution in [3.05, 3.63) is 6.33 Å². The predicted octanol–water partition coefficient (Wildman–Crippen LogP) is 4.72. The Kier molecular flexibility index (Phi) is 9.73. The van der Waals surface area contributed by atoms with E-state index in [0.29, 0.717) is 43.7 Å². The van der Waals surface area contributed by atoms with E-state index in [2.05, 4.69) is 27.4 Å². The molecule has 2 aromatic rings. The third kappa shape index (κ3) is 7.51. The summed E-state index contributed by atoms with van der Waals surface area (Å²) in [4.78, 5) is 32.4. The molecule has 5 N–H and O–H groups in total. The largest absolute Gasteiger partial charge is 0.426 e. The van der Waals surface area contributed by atoms with Crippen LogP contribution in [-0.4, -0.2) is 68.4 Å². The van der Waals surface area contributed by atoms with Crippen molar-refractivity contribution in [1.29, 1.82) is 0 Å². The van der Waals surface area contributed by atoms with Crippen molar-refractivity contribution < 1.29 is 9.63 Å². The maximum Gasteiger partial charge on any atom is 0.426 e. The molecule has 1 amide bonds. The summed E-state index contributed by atoms with van der Waals surface area (Å²) in [5.41, 5.74) is 7.87. The van der Waals surface area contributed by atoms with Crippen LogP contribution in [0.1, 0.15) is 103 Å². The number of anilines is 2. The van der Waals surface area contributed by atoms with E-state index >= 15 is 0 Å². The number of unbranched alkanes of at least 4 members (excludes halogenated alkanes) is 3. The number of piperidine rings is 1. The highest BCUT2D eigenvalue weighted by Crippen LogP contribution is 2.34. The van der Waals surface area contributed by atoms with Crippen LogP contribution in [0.25, 0.3) is 11.2 Å². The molecule has 1 aliphatic heterocycles. The zero-order chi connectivity index (χ0) is 27.0. The minimum atomic E-state index is -0.354. The monoisotopic (exact) mass is 541 g/mol. The number of rotatable bonds is 11. The van der Waals surface area contributed by atoms with E-state index in [9.17, 15) is 4.79 Å². The summed E-state index contributed by atoms with van der Waals surface area (Å²) in [6, 6.07) is 1.32. The predicted molar refractivity (Wildman–Crippen MR) is 154 cm³/mol. The number of amides is 1. The smallest absolute Gasteiger partial charge is 0.365 e. The van der Waals surface area contributed by atoms with Crippen LogP contribution in [-0.2, 0) is 4.84 Å². The first-order valence-electron chi connectivity index (χ1n) is 15.3. The lowest BCUT2D eigenvalue weighted by atomic mass is 9.92. The number of hydrogen-bond donors (Lipinski definition) is 4. The zero-order valence-electron chi connectivity index (χ0n) is 23.5. The van der Waals surface area contributed by atoms with Crippen LogP contribution in [0.5, 0.6) is 0 Å². The summed E-state index contributed by atoms with van der Waals surface area (Å²) in [6.45, 7) is 4.21. The highest BCUT2D eigenvalue weighted by Gasteiger charge is 2.27. The molecular formula is C28H47N9O2. The van der Waals surface area contributed by atoms with Gasteiger partial charge in [0.1, 0.15) is 0 Å². The van der Waals surface area contributed by atoms with E-state index in [-0.39, 0.29) is 12.1 Å². The Balaban J connectivity index is 1.21. The van der Waals surface area contributed by atoms with E-state index in [1.807, 2.05) is 6.33 Å².